The summed E-state index contributed by atoms with van der Waals surface area (Å²) >= 11 is 6.49. The largest absolute Gasteiger partial charge is 0.472 e. The Morgan fingerprint density at radius 2 is 0.736 bits per heavy atom. The van der Waals surface area contributed by atoms with E-state index in [1.165, 1.54) is 4.57 Å². The minimum atomic E-state index is -5.65. The molecule has 0 amide bonds. The van der Waals surface area contributed by atoms with Crippen LogP contribution < -0.4 is 22.9 Å². The fourth-order valence-corrected chi connectivity index (χ4v) is 14.5. The van der Waals surface area contributed by atoms with Crippen molar-refractivity contribution in [2.45, 2.75) is 98.2 Å². The zero-order chi connectivity index (χ0) is 65.0. The molecule has 4 fully saturated rings. The van der Waals surface area contributed by atoms with Crippen LogP contribution in [0.2, 0.25) is 0 Å². The number of hydrogen-bond donors (Lipinski definition) is 14. The number of nitrogens with two attached hydrogens (primary N) is 4. The van der Waals surface area contributed by atoms with Crippen molar-refractivity contribution in [1.29, 1.82) is 0 Å². The van der Waals surface area contributed by atoms with Gasteiger partial charge in [-0.25, -0.2) is 78.1 Å². The standard InChI is InChI=1S/C40H48Br2N20O25P4/c41-39-57-17-29(45)49-7-53-33(17)61(39)35-23(67)19(63)11(81-35)2-78-91(75,76)87-26-22(66)14(84-38(26)62-34-18(58-40(62)42)30(46)50-8-54-34)4-80-90(73,74)86-25-21(65)13(83-37(25)60-10-56-16-28(44)48-6-52-32(16)60)3-79-89(71,72)85-24-20(64)12(1-77-88(68,69)70)82-36(24)59-9-55-15-27(43)47-5-51-31(15)59/h5-14,19-26,35-38,63-67H,1-4H2,(H,71,72)(H,73,74)(H,75,76)(H2,43,47,51)(H2,44,48,52)(H2,45,49,53)(H2,46,50,54)(H2,68,69,70)/t11-,12-,13-,14-,19-,20-,21-,22-,23-,24-,25-,26-,35-,36-,37-,38-/m1/s1. The van der Waals surface area contributed by atoms with Gasteiger partial charge in [-0.15, -0.1) is 0 Å². The Balaban J connectivity index is 0.760. The average molecular weight is 1490 g/mol. The van der Waals surface area contributed by atoms with Crippen molar-refractivity contribution in [2.24, 2.45) is 0 Å². The van der Waals surface area contributed by atoms with E-state index in [1.807, 2.05) is 0 Å². The van der Waals surface area contributed by atoms with Crippen LogP contribution in [-0.2, 0) is 68.9 Å². The molecule has 4 aliphatic rings. The van der Waals surface area contributed by atoms with Crippen molar-refractivity contribution in [3.63, 3.8) is 0 Å². The number of imidazole rings is 4. The van der Waals surface area contributed by atoms with Gasteiger partial charge in [0, 0.05) is 0 Å². The van der Waals surface area contributed by atoms with Gasteiger partial charge in [0.1, 0.15) is 110 Å². The van der Waals surface area contributed by atoms with E-state index in [1.54, 1.807) is 0 Å². The van der Waals surface area contributed by atoms with Crippen molar-refractivity contribution in [2.75, 3.05) is 49.4 Å². The van der Waals surface area contributed by atoms with Crippen LogP contribution in [0.5, 0.6) is 0 Å². The highest BCUT2D eigenvalue weighted by Crippen LogP contribution is 2.55. The van der Waals surface area contributed by atoms with Crippen LogP contribution in [0, 0.1) is 0 Å². The van der Waals surface area contributed by atoms with E-state index in [0.717, 1.165) is 51.7 Å². The van der Waals surface area contributed by atoms with Crippen LogP contribution in [0.15, 0.2) is 47.4 Å². The smallest absolute Gasteiger partial charge is 0.387 e. The Morgan fingerprint density at radius 1 is 0.418 bits per heavy atom. The summed E-state index contributed by atoms with van der Waals surface area (Å²) in [6.45, 7) is -4.22. The minimum absolute atomic E-state index is 0.00966. The highest BCUT2D eigenvalue weighted by molar-refractivity contribution is 9.10. The molecule has 45 nitrogen and oxygen atoms in total. The second-order valence-electron chi connectivity index (χ2n) is 20.0. The second kappa shape index (κ2) is 25.0. The number of fused-ring (bicyclic) bond motifs is 4. The van der Waals surface area contributed by atoms with E-state index >= 15 is 0 Å². The lowest BCUT2D eigenvalue weighted by Crippen LogP contribution is -2.37. The molecule has 12 rings (SSSR count). The van der Waals surface area contributed by atoms with Gasteiger partial charge >= 0.3 is 31.3 Å². The van der Waals surface area contributed by atoms with Gasteiger partial charge in [0.2, 0.25) is 0 Å². The molecule has 51 heteroatoms. The van der Waals surface area contributed by atoms with Crippen LogP contribution in [0.1, 0.15) is 24.9 Å². The lowest BCUT2D eigenvalue weighted by atomic mass is 10.1. The van der Waals surface area contributed by atoms with Gasteiger partial charge in [-0.3, -0.25) is 49.9 Å². The van der Waals surface area contributed by atoms with E-state index in [4.69, 9.17) is 69.0 Å². The number of nitrogens with zero attached hydrogens (tertiary/aromatic N) is 16. The number of phosphoric ester groups is 4. The number of phosphoric acid groups is 4. The molecule has 4 saturated heterocycles. The first-order chi connectivity index (χ1) is 43.0. The number of ether oxygens (including phenoxy) is 4. The third kappa shape index (κ3) is 12.8. The molecule has 91 heavy (non-hydrogen) atoms. The summed E-state index contributed by atoms with van der Waals surface area (Å²) in [7, 11) is -21.9. The molecular formula is C40H48Br2N20O25P4. The van der Waals surface area contributed by atoms with E-state index in [-0.39, 0.29) is 77.4 Å². The zero-order valence-corrected chi connectivity index (χ0v) is 51.9. The topological polar surface area (TPSA) is 651 Å². The molecule has 0 aliphatic carbocycles. The molecular weight excluding hydrogens is 1440 g/mol. The second-order valence-corrected chi connectivity index (χ2v) is 26.9. The maximum Gasteiger partial charge on any atom is 0.472 e. The number of aromatic nitrogens is 16. The van der Waals surface area contributed by atoms with Gasteiger partial charge in [0.25, 0.3) is 0 Å². The van der Waals surface area contributed by atoms with Crippen molar-refractivity contribution in [3.8, 4) is 0 Å². The molecule has 19 atom stereocenters. The molecule has 18 N–H and O–H groups in total. The predicted octanol–water partition coefficient (Wildman–Crippen LogP) is -2.79. The summed E-state index contributed by atoms with van der Waals surface area (Å²) in [6.07, 6.45) is -23.1. The lowest BCUT2D eigenvalue weighted by Gasteiger charge is -2.25. The van der Waals surface area contributed by atoms with Crippen LogP contribution in [0.4, 0.5) is 23.3 Å². The van der Waals surface area contributed by atoms with E-state index in [2.05, 4.69) is 96.2 Å². The van der Waals surface area contributed by atoms with Gasteiger partial charge < -0.3 is 91.9 Å². The Morgan fingerprint density at radius 3 is 1.13 bits per heavy atom. The maximum atomic E-state index is 14.2. The van der Waals surface area contributed by atoms with Crippen LogP contribution in [0.3, 0.4) is 0 Å². The fraction of sp³-hybridized carbons (Fsp3) is 0.500. The average Bonchev–Trinajstić information content (AvgIpc) is 1.69. The Kier molecular flexibility index (Phi) is 18.0. The van der Waals surface area contributed by atoms with Gasteiger partial charge in [0.15, 0.2) is 91.3 Å². The summed E-state index contributed by atoms with van der Waals surface area (Å²) in [6, 6.07) is 0. The third-order valence-electron chi connectivity index (χ3n) is 14.4. The van der Waals surface area contributed by atoms with Crippen molar-refractivity contribution in [3.05, 3.63) is 47.4 Å². The number of nitrogen functional groups attached to an aromatic ring is 4. The minimum Gasteiger partial charge on any atom is -0.387 e. The number of anilines is 4. The number of aliphatic hydroxyl groups is 5. The molecule has 0 bridgehead atoms. The third-order valence-corrected chi connectivity index (χ3v) is 19.0. The lowest BCUT2D eigenvalue weighted by molar-refractivity contribution is -0.0661. The monoisotopic (exact) mass is 1490 g/mol. The molecule has 0 saturated carbocycles. The summed E-state index contributed by atoms with van der Waals surface area (Å²) < 4.78 is 119. The molecule has 8 aromatic rings. The van der Waals surface area contributed by atoms with Crippen LogP contribution in [-0.4, -0.2) is 228 Å². The SMILES string of the molecule is Nc1ncnc2c1ncn2[C@@H]1O[C@H](COP(=O)(O)O)[C@@H](O)[C@H]1OP(=O)(O)OC[C@H]1O[C@@H](n2cnc3c(N)ncnc32)[C@H](OP(=O)(O)OC[C@H]2O[C@@H](n3c(Br)nc4c(N)ncnc43)[C@H](OP(=O)(O)OC[C@H]3O[C@@H](n4c(Br)nc5c(N)ncnc54)[C@H](O)[C@@H]3O)[C@@H]2O)[C@@H]1O. The molecule has 12 heterocycles. The van der Waals surface area contributed by atoms with Gasteiger partial charge in [-0.1, -0.05) is 0 Å². The summed E-state index contributed by atoms with van der Waals surface area (Å²) in [5, 5.41) is 57.2. The maximum absolute atomic E-state index is 14.2. The molecule has 0 spiro atoms. The first-order valence-electron chi connectivity index (χ1n) is 25.8. The van der Waals surface area contributed by atoms with Crippen LogP contribution in [0.25, 0.3) is 44.7 Å². The summed E-state index contributed by atoms with van der Waals surface area (Å²) in [5.41, 5.74) is 23.8. The normalized spacial score (nSPS) is 30.9. The predicted molar refractivity (Wildman–Crippen MR) is 300 cm³/mol. The summed E-state index contributed by atoms with van der Waals surface area (Å²) in [5.74, 6) is -0.440. The highest BCUT2D eigenvalue weighted by atomic mass is 79.9. The Labute approximate surface area is 520 Å². The number of aliphatic hydroxyl groups excluding tert-OH is 5. The first-order valence-corrected chi connectivity index (χ1v) is 33.4. The molecule has 0 radical (unpaired) electrons. The first kappa shape index (κ1) is 65.5. The fourth-order valence-electron chi connectivity index (χ4n) is 10.2. The molecule has 0 aromatic carbocycles. The number of halogens is 2. The van der Waals surface area contributed by atoms with Crippen molar-refractivity contribution >= 4 is 131 Å². The van der Waals surface area contributed by atoms with Gasteiger partial charge in [-0.2, -0.15) is 0 Å². The quantitative estimate of drug-likeness (QED) is 0.0241. The van der Waals surface area contributed by atoms with Crippen LogP contribution >= 0.6 is 63.2 Å². The van der Waals surface area contributed by atoms with Gasteiger partial charge in [0.05, 0.1) is 39.1 Å². The Bertz CT molecular complexity index is 4270. The summed E-state index contributed by atoms with van der Waals surface area (Å²) in [4.78, 5) is 101. The van der Waals surface area contributed by atoms with E-state index < -0.39 is 156 Å². The highest BCUT2D eigenvalue weighted by Gasteiger charge is 2.56. The molecule has 492 valence electrons. The van der Waals surface area contributed by atoms with Crippen molar-refractivity contribution in [1.82, 2.24) is 78.1 Å². The zero-order valence-electron chi connectivity index (χ0n) is 45.1. The van der Waals surface area contributed by atoms with E-state index in [9.17, 15) is 68.3 Å². The molecule has 4 aliphatic heterocycles. The molecule has 8 aromatic heterocycles. The number of rotatable bonds is 22. The number of hydrogen-bond acceptors (Lipinski definition) is 36. The Hall–Kier alpha value is -5.56. The molecule has 3 unspecified atom stereocenters. The van der Waals surface area contributed by atoms with E-state index in [0.29, 0.717) is 0 Å². The van der Waals surface area contributed by atoms with Crippen molar-refractivity contribution < 1.29 is 119 Å². The van der Waals surface area contributed by atoms with Gasteiger partial charge in [-0.05, 0) is 31.9 Å².